The molecule has 0 spiro atoms. The van der Waals surface area contributed by atoms with Gasteiger partial charge in [0.05, 0.1) is 19.4 Å². The Morgan fingerprint density at radius 3 is 2.52 bits per heavy atom. The number of carbonyl (C=O) groups excluding carboxylic acids is 1. The Kier molecular flexibility index (Phi) is 4.89. The predicted octanol–water partition coefficient (Wildman–Crippen LogP) is 4.33. The molecule has 0 amide bonds. The quantitative estimate of drug-likeness (QED) is 0.592. The summed E-state index contributed by atoms with van der Waals surface area (Å²) < 4.78 is 13.1. The fraction of sp³-hybridized carbons (Fsp3) is 0.500. The molecule has 5 nitrogen and oxygen atoms in total. The van der Waals surface area contributed by atoms with Gasteiger partial charge in [0.2, 0.25) is 0 Å². The fourth-order valence-corrected chi connectivity index (χ4v) is 3.17. The van der Waals surface area contributed by atoms with E-state index in [9.17, 15) is 4.79 Å². The number of ether oxygens (including phenoxy) is 1. The minimum atomic E-state index is -1.91. The Hall–Kier alpha value is -1.37. The van der Waals surface area contributed by atoms with Gasteiger partial charge < -0.3 is 9.16 Å². The van der Waals surface area contributed by atoms with E-state index < -0.39 is 8.32 Å². The van der Waals surface area contributed by atoms with Crippen molar-refractivity contribution in [3.8, 4) is 5.75 Å². The van der Waals surface area contributed by atoms with Crippen LogP contribution in [0.4, 0.5) is 0 Å². The van der Waals surface area contributed by atoms with E-state index in [0.717, 1.165) is 6.29 Å². The summed E-state index contributed by atoms with van der Waals surface area (Å²) in [5, 5.41) is 0.490. The van der Waals surface area contributed by atoms with Crippen molar-refractivity contribution in [2.45, 2.75) is 45.5 Å². The van der Waals surface area contributed by atoms with E-state index in [1.54, 1.807) is 23.6 Å². The van der Waals surface area contributed by atoms with E-state index in [-0.39, 0.29) is 5.04 Å². The maximum absolute atomic E-state index is 11.3. The summed E-state index contributed by atoms with van der Waals surface area (Å²) in [6.07, 6.45) is 0.748. The minimum Gasteiger partial charge on any atom is -0.493 e. The van der Waals surface area contributed by atoms with Crippen LogP contribution in [0.15, 0.2) is 12.1 Å². The summed E-state index contributed by atoms with van der Waals surface area (Å²) in [6, 6.07) is 3.37. The number of fused-ring (bicyclic) bond motifs is 1. The highest BCUT2D eigenvalue weighted by Crippen LogP contribution is 2.37. The van der Waals surface area contributed by atoms with Crippen molar-refractivity contribution < 1.29 is 14.0 Å². The molecule has 0 radical (unpaired) electrons. The second-order valence-electron chi connectivity index (χ2n) is 7.00. The first-order chi connectivity index (χ1) is 10.6. The Labute approximate surface area is 142 Å². The molecule has 0 bridgehead atoms. The molecule has 0 aliphatic rings. The molecule has 0 aliphatic heterocycles. The van der Waals surface area contributed by atoms with Crippen LogP contribution in [0.5, 0.6) is 5.75 Å². The second-order valence-corrected chi connectivity index (χ2v) is 12.2. The molecule has 0 saturated heterocycles. The summed E-state index contributed by atoms with van der Waals surface area (Å²) in [4.78, 5) is 15.8. The topological polar surface area (TPSA) is 52.8 Å². The van der Waals surface area contributed by atoms with Crippen LogP contribution >= 0.6 is 11.6 Å². The van der Waals surface area contributed by atoms with Gasteiger partial charge in [0.25, 0.3) is 0 Å². The molecule has 0 aliphatic carbocycles. The molecule has 0 fully saturated rings. The number of pyridine rings is 1. The number of carbonyl (C=O) groups is 1. The molecule has 7 heteroatoms. The van der Waals surface area contributed by atoms with Gasteiger partial charge in [-0.3, -0.25) is 9.20 Å². The molecule has 0 N–H and O–H groups in total. The highest BCUT2D eigenvalue weighted by Gasteiger charge is 2.37. The number of methoxy groups -OCH3 is 1. The van der Waals surface area contributed by atoms with E-state index >= 15 is 0 Å². The van der Waals surface area contributed by atoms with Gasteiger partial charge in [0.15, 0.2) is 26.0 Å². The van der Waals surface area contributed by atoms with Gasteiger partial charge in [-0.1, -0.05) is 32.4 Å². The smallest absolute Gasteiger partial charge is 0.192 e. The molecule has 2 heterocycles. The van der Waals surface area contributed by atoms with Gasteiger partial charge in [0, 0.05) is 0 Å². The first kappa shape index (κ1) is 18.0. The molecular formula is C16H23ClN2O3Si. The molecule has 0 unspecified atom stereocenters. The van der Waals surface area contributed by atoms with Crippen molar-refractivity contribution in [3.63, 3.8) is 0 Å². The van der Waals surface area contributed by atoms with E-state index in [1.165, 1.54) is 0 Å². The zero-order valence-electron chi connectivity index (χ0n) is 14.4. The number of aldehydes is 1. The van der Waals surface area contributed by atoms with Crippen LogP contribution in [0, 0.1) is 0 Å². The van der Waals surface area contributed by atoms with Crippen molar-refractivity contribution in [3.05, 3.63) is 28.7 Å². The van der Waals surface area contributed by atoms with Gasteiger partial charge in [-0.15, -0.1) is 0 Å². The maximum Gasteiger partial charge on any atom is 0.192 e. The highest BCUT2D eigenvalue weighted by molar-refractivity contribution is 6.74. The molecule has 2 aromatic heterocycles. The number of aromatic nitrogens is 2. The number of hydrogen-bond acceptors (Lipinski definition) is 4. The van der Waals surface area contributed by atoms with E-state index in [0.29, 0.717) is 34.5 Å². The molecule has 0 aromatic carbocycles. The molecule has 0 atom stereocenters. The first-order valence-electron chi connectivity index (χ1n) is 7.45. The van der Waals surface area contributed by atoms with Crippen molar-refractivity contribution in [2.75, 3.05) is 7.11 Å². The third-order valence-electron chi connectivity index (χ3n) is 4.49. The Bertz CT molecular complexity index is 735. The SMILES string of the molecule is COc1ccc(C=O)n2c(Cl)c(CO[Si](C)(C)C(C)(C)C)nc12. The highest BCUT2D eigenvalue weighted by atomic mass is 35.5. The fourth-order valence-electron chi connectivity index (χ4n) is 1.97. The minimum absolute atomic E-state index is 0.101. The lowest BCUT2D eigenvalue weighted by Crippen LogP contribution is -2.40. The van der Waals surface area contributed by atoms with Gasteiger partial charge >= 0.3 is 0 Å². The van der Waals surface area contributed by atoms with Gasteiger partial charge in [0.1, 0.15) is 10.8 Å². The molecule has 126 valence electrons. The number of hydrogen-bond donors (Lipinski definition) is 0. The van der Waals surface area contributed by atoms with Gasteiger partial charge in [-0.05, 0) is 30.3 Å². The lowest BCUT2D eigenvalue weighted by Gasteiger charge is -2.35. The summed E-state index contributed by atoms with van der Waals surface area (Å²) in [6.45, 7) is 11.2. The average molecular weight is 355 g/mol. The molecule has 0 saturated carbocycles. The third kappa shape index (κ3) is 3.29. The van der Waals surface area contributed by atoms with Crippen LogP contribution in [0.2, 0.25) is 23.3 Å². The average Bonchev–Trinajstić information content (AvgIpc) is 2.80. The maximum atomic E-state index is 11.3. The van der Waals surface area contributed by atoms with Crippen LogP contribution < -0.4 is 4.74 Å². The zero-order valence-corrected chi connectivity index (χ0v) is 16.2. The lowest BCUT2D eigenvalue weighted by atomic mass is 10.2. The van der Waals surface area contributed by atoms with Crippen LogP contribution in [0.25, 0.3) is 5.65 Å². The van der Waals surface area contributed by atoms with Crippen LogP contribution in [-0.2, 0) is 11.0 Å². The molecular weight excluding hydrogens is 332 g/mol. The number of rotatable bonds is 5. The van der Waals surface area contributed by atoms with Crippen molar-refractivity contribution >= 4 is 31.9 Å². The Morgan fingerprint density at radius 2 is 2.00 bits per heavy atom. The summed E-state index contributed by atoms with van der Waals surface area (Å²) in [7, 11) is -0.352. The van der Waals surface area contributed by atoms with E-state index in [2.05, 4.69) is 38.8 Å². The number of imidazole rings is 1. The van der Waals surface area contributed by atoms with Gasteiger partial charge in [-0.25, -0.2) is 4.98 Å². The van der Waals surface area contributed by atoms with Crippen LogP contribution in [0.3, 0.4) is 0 Å². The first-order valence-corrected chi connectivity index (χ1v) is 10.7. The third-order valence-corrected chi connectivity index (χ3v) is 9.35. The Balaban J connectivity index is 2.43. The summed E-state index contributed by atoms with van der Waals surface area (Å²) in [5.41, 5.74) is 1.57. The van der Waals surface area contributed by atoms with Crippen molar-refractivity contribution in [2.24, 2.45) is 0 Å². The van der Waals surface area contributed by atoms with Gasteiger partial charge in [-0.2, -0.15) is 0 Å². The number of halogens is 1. The summed E-state index contributed by atoms with van der Waals surface area (Å²) >= 11 is 6.43. The van der Waals surface area contributed by atoms with E-state index in [4.69, 9.17) is 20.8 Å². The largest absolute Gasteiger partial charge is 0.493 e. The van der Waals surface area contributed by atoms with Crippen LogP contribution in [-0.4, -0.2) is 31.1 Å². The van der Waals surface area contributed by atoms with Crippen molar-refractivity contribution in [1.29, 1.82) is 0 Å². The predicted molar refractivity (Wildman–Crippen MR) is 94.1 cm³/mol. The zero-order chi connectivity index (χ0) is 17.4. The van der Waals surface area contributed by atoms with E-state index in [1.807, 2.05) is 0 Å². The normalized spacial score (nSPS) is 12.7. The second kappa shape index (κ2) is 6.26. The van der Waals surface area contributed by atoms with Crippen LogP contribution in [0.1, 0.15) is 37.0 Å². The lowest BCUT2D eigenvalue weighted by molar-refractivity contribution is 0.111. The Morgan fingerprint density at radius 1 is 1.35 bits per heavy atom. The molecule has 23 heavy (non-hydrogen) atoms. The molecule has 2 rings (SSSR count). The summed E-state index contributed by atoms with van der Waals surface area (Å²) in [5.74, 6) is 0.566. The molecule has 2 aromatic rings. The van der Waals surface area contributed by atoms with Crippen molar-refractivity contribution in [1.82, 2.24) is 9.38 Å². The monoisotopic (exact) mass is 354 g/mol. The number of nitrogens with zero attached hydrogens (tertiary/aromatic N) is 2. The standard InChI is InChI=1S/C16H23ClN2O3Si/c1-16(2,3)23(5,6)22-10-12-14(17)19-11(9-20)7-8-13(21-4)15(19)18-12/h7-9H,10H2,1-6H3.